The van der Waals surface area contributed by atoms with E-state index in [1.54, 1.807) is 17.7 Å². The maximum absolute atomic E-state index is 12.5. The van der Waals surface area contributed by atoms with Gasteiger partial charge in [-0.1, -0.05) is 29.8 Å². The van der Waals surface area contributed by atoms with Gasteiger partial charge in [0.25, 0.3) is 5.56 Å². The molecule has 0 saturated carbocycles. The molecule has 0 aliphatic rings. The molecular weight excluding hydrogens is 302 g/mol. The van der Waals surface area contributed by atoms with E-state index in [4.69, 9.17) is 9.47 Å². The van der Waals surface area contributed by atoms with Crippen LogP contribution in [0.4, 0.5) is 0 Å². The molecule has 24 heavy (non-hydrogen) atoms. The minimum absolute atomic E-state index is 0.0444. The van der Waals surface area contributed by atoms with Gasteiger partial charge >= 0.3 is 0 Å². The number of methoxy groups -OCH3 is 1. The van der Waals surface area contributed by atoms with E-state index in [0.717, 1.165) is 22.2 Å². The summed E-state index contributed by atoms with van der Waals surface area (Å²) < 4.78 is 12.9. The van der Waals surface area contributed by atoms with Gasteiger partial charge in [-0.25, -0.2) is 0 Å². The molecule has 0 N–H and O–H groups in total. The van der Waals surface area contributed by atoms with Crippen molar-refractivity contribution in [1.29, 1.82) is 0 Å². The second-order valence-electron chi connectivity index (χ2n) is 5.84. The van der Waals surface area contributed by atoms with Crippen LogP contribution in [0.2, 0.25) is 0 Å². The predicted octanol–water partition coefficient (Wildman–Crippen LogP) is 3.71. The van der Waals surface area contributed by atoms with Crippen molar-refractivity contribution in [3.05, 3.63) is 70.0 Å². The summed E-state index contributed by atoms with van der Waals surface area (Å²) in [7, 11) is 1.62. The molecule has 3 aromatic rings. The molecule has 0 unspecified atom stereocenters. The Morgan fingerprint density at radius 3 is 2.50 bits per heavy atom. The summed E-state index contributed by atoms with van der Waals surface area (Å²) in [6, 6.07) is 15.4. The van der Waals surface area contributed by atoms with Gasteiger partial charge in [0, 0.05) is 11.5 Å². The molecule has 0 spiro atoms. The number of fused-ring (bicyclic) bond motifs is 1. The van der Waals surface area contributed by atoms with Crippen LogP contribution in [-0.4, -0.2) is 18.3 Å². The average Bonchev–Trinajstić information content (AvgIpc) is 2.59. The standard InChI is InChI=1S/C20H21NO3/c1-14-7-9-16(10-8-14)24-12-11-21-19(22)13-15(2)17-5-4-6-18(23-3)20(17)21/h4-10,13H,11-12H2,1-3H3. The van der Waals surface area contributed by atoms with Crippen LogP contribution in [0.15, 0.2) is 53.3 Å². The van der Waals surface area contributed by atoms with Gasteiger partial charge in [0.15, 0.2) is 0 Å². The third-order valence-corrected chi connectivity index (χ3v) is 4.12. The second-order valence-corrected chi connectivity index (χ2v) is 5.84. The van der Waals surface area contributed by atoms with Crippen LogP contribution >= 0.6 is 0 Å². The van der Waals surface area contributed by atoms with E-state index in [9.17, 15) is 4.79 Å². The van der Waals surface area contributed by atoms with Crippen molar-refractivity contribution in [2.24, 2.45) is 0 Å². The van der Waals surface area contributed by atoms with Gasteiger partial charge in [-0.3, -0.25) is 4.79 Å². The lowest BCUT2D eigenvalue weighted by Crippen LogP contribution is -2.23. The molecule has 0 bridgehead atoms. The molecule has 0 fully saturated rings. The van der Waals surface area contributed by atoms with E-state index in [1.807, 2.05) is 56.3 Å². The number of hydrogen-bond donors (Lipinski definition) is 0. The van der Waals surface area contributed by atoms with Crippen LogP contribution in [0.25, 0.3) is 10.9 Å². The summed E-state index contributed by atoms with van der Waals surface area (Å²) in [6.45, 7) is 4.85. The van der Waals surface area contributed by atoms with Gasteiger partial charge in [0.1, 0.15) is 18.1 Å². The summed E-state index contributed by atoms with van der Waals surface area (Å²) in [4.78, 5) is 12.5. The highest BCUT2D eigenvalue weighted by molar-refractivity contribution is 5.87. The molecule has 1 aromatic heterocycles. The molecule has 0 aliphatic carbocycles. The summed E-state index contributed by atoms with van der Waals surface area (Å²) in [5, 5.41) is 1.02. The zero-order valence-corrected chi connectivity index (χ0v) is 14.2. The van der Waals surface area contributed by atoms with E-state index in [2.05, 4.69) is 0 Å². The minimum atomic E-state index is -0.0444. The minimum Gasteiger partial charge on any atom is -0.495 e. The SMILES string of the molecule is COc1cccc2c(C)cc(=O)n(CCOc3ccc(C)cc3)c12. The average molecular weight is 323 g/mol. The monoisotopic (exact) mass is 323 g/mol. The fraction of sp³-hybridized carbons (Fsp3) is 0.250. The Balaban J connectivity index is 1.91. The van der Waals surface area contributed by atoms with E-state index < -0.39 is 0 Å². The molecule has 0 amide bonds. The van der Waals surface area contributed by atoms with Crippen LogP contribution < -0.4 is 15.0 Å². The Labute approximate surface area is 141 Å². The zero-order valence-electron chi connectivity index (χ0n) is 14.2. The lowest BCUT2D eigenvalue weighted by Gasteiger charge is -2.15. The lowest BCUT2D eigenvalue weighted by atomic mass is 10.1. The summed E-state index contributed by atoms with van der Waals surface area (Å²) in [5.41, 5.74) is 2.91. The number of hydrogen-bond acceptors (Lipinski definition) is 3. The Bertz CT molecular complexity index is 911. The Morgan fingerprint density at radius 1 is 1.04 bits per heavy atom. The first-order valence-corrected chi connectivity index (χ1v) is 7.97. The maximum atomic E-state index is 12.5. The van der Waals surface area contributed by atoms with Crippen LogP contribution in [-0.2, 0) is 6.54 Å². The van der Waals surface area contributed by atoms with Crippen molar-refractivity contribution >= 4 is 10.9 Å². The summed E-state index contributed by atoms with van der Waals surface area (Å²) in [6.07, 6.45) is 0. The predicted molar refractivity (Wildman–Crippen MR) is 96.2 cm³/mol. The van der Waals surface area contributed by atoms with Crippen LogP contribution in [0.5, 0.6) is 11.5 Å². The molecule has 0 atom stereocenters. The number of pyridine rings is 1. The van der Waals surface area contributed by atoms with Crippen LogP contribution in [0, 0.1) is 13.8 Å². The highest BCUT2D eigenvalue weighted by Gasteiger charge is 2.11. The van der Waals surface area contributed by atoms with E-state index in [1.165, 1.54) is 5.56 Å². The van der Waals surface area contributed by atoms with Gasteiger partial charge in [-0.15, -0.1) is 0 Å². The Kier molecular flexibility index (Phi) is 4.56. The van der Waals surface area contributed by atoms with Gasteiger partial charge in [-0.2, -0.15) is 0 Å². The number of para-hydroxylation sites is 1. The van der Waals surface area contributed by atoms with Crippen LogP contribution in [0.1, 0.15) is 11.1 Å². The second kappa shape index (κ2) is 6.79. The highest BCUT2D eigenvalue weighted by atomic mass is 16.5. The highest BCUT2D eigenvalue weighted by Crippen LogP contribution is 2.26. The molecule has 1 heterocycles. The number of rotatable bonds is 5. The smallest absolute Gasteiger partial charge is 0.251 e. The van der Waals surface area contributed by atoms with Gasteiger partial charge in [0.05, 0.1) is 19.2 Å². The van der Waals surface area contributed by atoms with Crippen LogP contribution in [0.3, 0.4) is 0 Å². The topological polar surface area (TPSA) is 40.5 Å². The van der Waals surface area contributed by atoms with Gasteiger partial charge in [0.2, 0.25) is 0 Å². The number of ether oxygens (including phenoxy) is 2. The fourth-order valence-electron chi connectivity index (χ4n) is 2.85. The van der Waals surface area contributed by atoms with E-state index >= 15 is 0 Å². The molecule has 4 heteroatoms. The summed E-state index contributed by atoms with van der Waals surface area (Å²) >= 11 is 0. The van der Waals surface area contributed by atoms with Gasteiger partial charge in [-0.05, 0) is 37.6 Å². The quantitative estimate of drug-likeness (QED) is 0.719. The molecular formula is C20H21NO3. The largest absolute Gasteiger partial charge is 0.495 e. The first kappa shape index (κ1) is 16.1. The molecule has 4 nitrogen and oxygen atoms in total. The van der Waals surface area contributed by atoms with Crippen molar-refractivity contribution in [3.8, 4) is 11.5 Å². The third kappa shape index (κ3) is 3.13. The number of aromatic nitrogens is 1. The van der Waals surface area contributed by atoms with Crippen molar-refractivity contribution in [2.75, 3.05) is 13.7 Å². The third-order valence-electron chi connectivity index (χ3n) is 4.12. The summed E-state index contributed by atoms with van der Waals surface area (Å²) in [5.74, 6) is 1.50. The lowest BCUT2D eigenvalue weighted by molar-refractivity contribution is 0.298. The molecule has 0 saturated heterocycles. The fourth-order valence-corrected chi connectivity index (χ4v) is 2.85. The maximum Gasteiger partial charge on any atom is 0.251 e. The normalized spacial score (nSPS) is 10.8. The van der Waals surface area contributed by atoms with Crippen molar-refractivity contribution in [3.63, 3.8) is 0 Å². The molecule has 0 aliphatic heterocycles. The number of nitrogens with zero attached hydrogens (tertiary/aromatic N) is 1. The van der Waals surface area contributed by atoms with Gasteiger partial charge < -0.3 is 14.0 Å². The molecule has 124 valence electrons. The van der Waals surface area contributed by atoms with Crippen molar-refractivity contribution in [2.45, 2.75) is 20.4 Å². The number of benzene rings is 2. The van der Waals surface area contributed by atoms with E-state index in [0.29, 0.717) is 18.9 Å². The first-order chi connectivity index (χ1) is 11.6. The zero-order chi connectivity index (χ0) is 17.1. The Morgan fingerprint density at radius 2 is 1.79 bits per heavy atom. The molecule has 2 aromatic carbocycles. The van der Waals surface area contributed by atoms with Crippen molar-refractivity contribution in [1.82, 2.24) is 4.57 Å². The Hall–Kier alpha value is -2.75. The molecule has 3 rings (SSSR count). The van der Waals surface area contributed by atoms with Crippen molar-refractivity contribution < 1.29 is 9.47 Å². The first-order valence-electron chi connectivity index (χ1n) is 7.97. The molecule has 0 radical (unpaired) electrons. The van der Waals surface area contributed by atoms with E-state index in [-0.39, 0.29) is 5.56 Å². The number of aryl methyl sites for hydroxylation is 2.